The van der Waals surface area contributed by atoms with Gasteiger partial charge in [0, 0.05) is 42.7 Å². The van der Waals surface area contributed by atoms with Crippen molar-refractivity contribution in [1.82, 2.24) is 9.80 Å². The van der Waals surface area contributed by atoms with Crippen LogP contribution in [0.25, 0.3) is 5.57 Å². The van der Waals surface area contributed by atoms with Gasteiger partial charge in [0.15, 0.2) is 0 Å². The van der Waals surface area contributed by atoms with Gasteiger partial charge in [-0.25, -0.2) is 13.6 Å². The molecule has 2 aliphatic rings. The minimum atomic E-state index is -0.734. The highest BCUT2D eigenvalue weighted by atomic mass is 32.1. The van der Waals surface area contributed by atoms with Gasteiger partial charge < -0.3 is 9.80 Å². The van der Waals surface area contributed by atoms with Gasteiger partial charge in [0.25, 0.3) is 0 Å². The van der Waals surface area contributed by atoms with E-state index in [0.29, 0.717) is 32.5 Å². The van der Waals surface area contributed by atoms with E-state index in [1.165, 1.54) is 16.5 Å². The van der Waals surface area contributed by atoms with Crippen LogP contribution in [0.3, 0.4) is 0 Å². The number of benzene rings is 1. The number of allylic oxidation sites excluding steroid dienone is 1. The number of hydrogen-bond donors (Lipinski definition) is 0. The van der Waals surface area contributed by atoms with Crippen LogP contribution in [-0.4, -0.2) is 35.5 Å². The number of carbonyl (C=O) groups is 1. The number of urea groups is 1. The Morgan fingerprint density at radius 3 is 2.54 bits per heavy atom. The molecule has 0 N–H and O–H groups in total. The Bertz CT molecular complexity index is 982. The van der Waals surface area contributed by atoms with Gasteiger partial charge in [0.05, 0.1) is 11.6 Å². The molecule has 3 heterocycles. The van der Waals surface area contributed by atoms with Crippen LogP contribution in [0.5, 0.6) is 0 Å². The van der Waals surface area contributed by atoms with Crippen LogP contribution in [0.2, 0.25) is 0 Å². The van der Waals surface area contributed by atoms with Crippen molar-refractivity contribution >= 4 is 22.9 Å². The maximum absolute atomic E-state index is 14.1. The van der Waals surface area contributed by atoms with E-state index in [4.69, 9.17) is 0 Å². The van der Waals surface area contributed by atoms with Crippen LogP contribution in [0.15, 0.2) is 35.2 Å². The molecule has 0 bridgehead atoms. The van der Waals surface area contributed by atoms with Crippen molar-refractivity contribution < 1.29 is 13.6 Å². The number of likely N-dealkylation sites (tertiary alicyclic amines) is 1. The second kappa shape index (κ2) is 7.72. The number of halogens is 2. The Morgan fingerprint density at radius 2 is 1.82 bits per heavy atom. The smallest absolute Gasteiger partial charge is 0.320 e. The summed E-state index contributed by atoms with van der Waals surface area (Å²) in [5.74, 6) is -1.40. The average molecular weight is 399 g/mol. The summed E-state index contributed by atoms with van der Waals surface area (Å²) >= 11 is 1.74. The normalized spacial score (nSPS) is 16.5. The van der Waals surface area contributed by atoms with E-state index in [1.807, 2.05) is 4.90 Å². The highest BCUT2D eigenvalue weighted by Gasteiger charge is 2.28. The molecule has 1 saturated heterocycles. The summed E-state index contributed by atoms with van der Waals surface area (Å²) in [6.07, 6.45) is 1.92. The Morgan fingerprint density at radius 1 is 1.07 bits per heavy atom. The zero-order valence-corrected chi connectivity index (χ0v) is 16.1. The Kier molecular flexibility index (Phi) is 5.14. The summed E-state index contributed by atoms with van der Waals surface area (Å²) in [5.41, 5.74) is 2.42. The number of carbonyl (C=O) groups excluding carboxylic acids is 1. The molecule has 0 aliphatic carbocycles. The van der Waals surface area contributed by atoms with E-state index in [9.17, 15) is 18.8 Å². The molecule has 4 rings (SSSR count). The van der Waals surface area contributed by atoms with Crippen molar-refractivity contribution in [3.05, 3.63) is 62.9 Å². The third-order valence-corrected chi connectivity index (χ3v) is 6.40. The van der Waals surface area contributed by atoms with Crippen LogP contribution >= 0.6 is 11.3 Å². The van der Waals surface area contributed by atoms with Crippen LogP contribution in [0.4, 0.5) is 13.6 Å². The molecule has 1 aromatic heterocycles. The lowest BCUT2D eigenvalue weighted by molar-refractivity contribution is 0.144. The lowest BCUT2D eigenvalue weighted by atomic mass is 9.93. The molecule has 0 atom stereocenters. The third kappa shape index (κ3) is 3.52. The van der Waals surface area contributed by atoms with Gasteiger partial charge in [-0.1, -0.05) is 0 Å². The predicted molar refractivity (Wildman–Crippen MR) is 104 cm³/mol. The lowest BCUT2D eigenvalue weighted by Gasteiger charge is -2.35. The van der Waals surface area contributed by atoms with Crippen molar-refractivity contribution in [3.63, 3.8) is 0 Å². The number of piperidine rings is 1. The minimum absolute atomic E-state index is 0.0161. The fourth-order valence-electron chi connectivity index (χ4n) is 3.85. The van der Waals surface area contributed by atoms with E-state index in [0.717, 1.165) is 30.7 Å². The van der Waals surface area contributed by atoms with Crippen molar-refractivity contribution in [3.8, 4) is 6.07 Å². The number of thiophene rings is 1. The first-order valence-corrected chi connectivity index (χ1v) is 10.1. The van der Waals surface area contributed by atoms with Crippen molar-refractivity contribution in [2.24, 2.45) is 0 Å². The zero-order chi connectivity index (χ0) is 19.7. The number of fused-ring (bicyclic) bond motifs is 1. The van der Waals surface area contributed by atoms with Gasteiger partial charge in [-0.05, 0) is 54.0 Å². The average Bonchev–Trinajstić information content (AvgIpc) is 3.18. The van der Waals surface area contributed by atoms with E-state index in [-0.39, 0.29) is 17.2 Å². The summed E-state index contributed by atoms with van der Waals surface area (Å²) in [6, 6.07) is 7.42. The predicted octanol–water partition coefficient (Wildman–Crippen LogP) is 4.58. The first-order valence-electron chi connectivity index (χ1n) is 9.23. The molecule has 0 unspecified atom stereocenters. The van der Waals surface area contributed by atoms with E-state index < -0.39 is 11.6 Å². The molecule has 1 fully saturated rings. The third-order valence-electron chi connectivity index (χ3n) is 5.38. The largest absolute Gasteiger partial charge is 0.324 e. The zero-order valence-electron chi connectivity index (χ0n) is 15.3. The molecule has 7 heteroatoms. The minimum Gasteiger partial charge on any atom is -0.324 e. The monoisotopic (exact) mass is 399 g/mol. The summed E-state index contributed by atoms with van der Waals surface area (Å²) in [4.78, 5) is 17.9. The Hall–Kier alpha value is -2.72. The van der Waals surface area contributed by atoms with Gasteiger partial charge in [-0.2, -0.15) is 5.26 Å². The molecule has 28 heavy (non-hydrogen) atoms. The SMILES string of the molecule is N#CC(=C1CCN(C(=O)N2CCc3sccc3C2)CC1)c1ccc(F)cc1F. The number of rotatable bonds is 1. The van der Waals surface area contributed by atoms with Gasteiger partial charge >= 0.3 is 6.03 Å². The van der Waals surface area contributed by atoms with Crippen LogP contribution in [0.1, 0.15) is 28.8 Å². The summed E-state index contributed by atoms with van der Waals surface area (Å²) in [6.45, 7) is 2.35. The van der Waals surface area contributed by atoms with E-state index in [2.05, 4.69) is 17.5 Å². The van der Waals surface area contributed by atoms with Crippen LogP contribution in [-0.2, 0) is 13.0 Å². The molecule has 2 aliphatic heterocycles. The molecule has 2 amide bonds. The first kappa shape index (κ1) is 18.6. The molecule has 0 saturated carbocycles. The standard InChI is InChI=1S/C21H19F2N3OS/c22-16-1-2-17(19(23)11-16)18(12-24)14-3-7-25(8-4-14)21(27)26-9-5-20-15(13-26)6-10-28-20/h1-2,6,10-11H,3-5,7-9,13H2. The molecule has 1 aromatic carbocycles. The van der Waals surface area contributed by atoms with E-state index in [1.54, 1.807) is 16.2 Å². The first-order chi connectivity index (χ1) is 13.6. The van der Waals surface area contributed by atoms with Gasteiger partial charge in [-0.3, -0.25) is 0 Å². The molecule has 4 nitrogen and oxygen atoms in total. The molecule has 0 spiro atoms. The maximum Gasteiger partial charge on any atom is 0.320 e. The molecule has 144 valence electrons. The quantitative estimate of drug-likeness (QED) is 0.659. The summed E-state index contributed by atoms with van der Waals surface area (Å²) < 4.78 is 27.2. The highest BCUT2D eigenvalue weighted by molar-refractivity contribution is 7.10. The van der Waals surface area contributed by atoms with Gasteiger partial charge in [0.2, 0.25) is 0 Å². The van der Waals surface area contributed by atoms with E-state index >= 15 is 0 Å². The van der Waals surface area contributed by atoms with Gasteiger partial charge in [0.1, 0.15) is 11.6 Å². The topological polar surface area (TPSA) is 47.3 Å². The molecular formula is C21H19F2N3OS. The summed E-state index contributed by atoms with van der Waals surface area (Å²) in [5, 5.41) is 11.6. The highest BCUT2D eigenvalue weighted by Crippen LogP contribution is 2.30. The molecule has 2 aromatic rings. The number of nitriles is 1. The lowest BCUT2D eigenvalue weighted by Crippen LogP contribution is -2.47. The second-order valence-corrected chi connectivity index (χ2v) is 8.03. The second-order valence-electron chi connectivity index (χ2n) is 7.02. The molecular weight excluding hydrogens is 380 g/mol. The Labute approximate surface area is 166 Å². The fourth-order valence-corrected chi connectivity index (χ4v) is 4.74. The number of amides is 2. The van der Waals surface area contributed by atoms with Crippen LogP contribution in [0, 0.1) is 23.0 Å². The van der Waals surface area contributed by atoms with Crippen molar-refractivity contribution in [2.75, 3.05) is 19.6 Å². The number of hydrogen-bond acceptors (Lipinski definition) is 3. The maximum atomic E-state index is 14.1. The Balaban J connectivity index is 1.46. The summed E-state index contributed by atoms with van der Waals surface area (Å²) in [7, 11) is 0. The molecule has 0 radical (unpaired) electrons. The van der Waals surface area contributed by atoms with Gasteiger partial charge in [-0.15, -0.1) is 11.3 Å². The van der Waals surface area contributed by atoms with Crippen molar-refractivity contribution in [1.29, 1.82) is 5.26 Å². The number of nitrogens with zero attached hydrogens (tertiary/aromatic N) is 3. The fraction of sp³-hybridized carbons (Fsp3) is 0.333. The van der Waals surface area contributed by atoms with Crippen LogP contribution < -0.4 is 0 Å². The van der Waals surface area contributed by atoms with Crippen molar-refractivity contribution in [2.45, 2.75) is 25.8 Å².